The number of aromatic nitrogens is 5. The van der Waals surface area contributed by atoms with Gasteiger partial charge >= 0.3 is 0 Å². The molecule has 3 aromatic rings. The van der Waals surface area contributed by atoms with Gasteiger partial charge in [-0.2, -0.15) is 10.4 Å². The highest BCUT2D eigenvalue weighted by molar-refractivity contribution is 6.19. The van der Waals surface area contributed by atoms with Gasteiger partial charge in [0.15, 0.2) is 0 Å². The summed E-state index contributed by atoms with van der Waals surface area (Å²) in [5, 5.41) is 33.0. The fourth-order valence-corrected chi connectivity index (χ4v) is 3.37. The molecule has 1 fully saturated rings. The Bertz CT molecular complexity index is 960. The first-order valence-electron chi connectivity index (χ1n) is 9.43. The molecule has 8 nitrogen and oxygen atoms in total. The molecule has 2 unspecified atom stereocenters. The van der Waals surface area contributed by atoms with Gasteiger partial charge in [-0.15, -0.1) is 0 Å². The average Bonchev–Trinajstić information content (AvgIpc) is 3.39. The van der Waals surface area contributed by atoms with Crippen LogP contribution in [0.25, 0.3) is 22.3 Å². The predicted molar refractivity (Wildman–Crippen MR) is 112 cm³/mol. The molecule has 3 aromatic heterocycles. The van der Waals surface area contributed by atoms with Gasteiger partial charge in [0.1, 0.15) is 27.7 Å². The lowest BCUT2D eigenvalue weighted by atomic mass is 9.65. The van der Waals surface area contributed by atoms with Crippen LogP contribution in [0.2, 0.25) is 0 Å². The second-order valence-corrected chi connectivity index (χ2v) is 6.67. The van der Waals surface area contributed by atoms with Gasteiger partial charge in [-0.1, -0.05) is 13.8 Å². The molecular weight excluding hydrogens is 366 g/mol. The number of H-pyrrole nitrogens is 1. The maximum atomic E-state index is 10.3. The lowest BCUT2D eigenvalue weighted by Crippen LogP contribution is -2.47. The number of aliphatic hydroxyl groups is 2. The third kappa shape index (κ3) is 4.86. The summed E-state index contributed by atoms with van der Waals surface area (Å²) in [6.07, 6.45) is 7.24. The van der Waals surface area contributed by atoms with Crippen molar-refractivity contribution in [3.8, 4) is 17.3 Å². The SMILES string of the molecule is CC.CC#N.[B]C1(O)CCC([B])(O)C1Cn1cc(-c2ncnc3[nH]ccc23)cn1. The van der Waals surface area contributed by atoms with Crippen LogP contribution in [0, 0.1) is 17.2 Å². The van der Waals surface area contributed by atoms with Crippen molar-refractivity contribution in [1.82, 2.24) is 24.7 Å². The Kier molecular flexibility index (Phi) is 7.22. The molecule has 0 amide bonds. The average molecular weight is 390 g/mol. The number of nitrogens with zero attached hydrogens (tertiary/aromatic N) is 5. The molecule has 0 aliphatic heterocycles. The van der Waals surface area contributed by atoms with Gasteiger partial charge in [-0.3, -0.25) is 4.68 Å². The Morgan fingerprint density at radius 3 is 2.52 bits per heavy atom. The van der Waals surface area contributed by atoms with Gasteiger partial charge < -0.3 is 15.2 Å². The topological polar surface area (TPSA) is 124 Å². The van der Waals surface area contributed by atoms with Crippen molar-refractivity contribution in [2.75, 3.05) is 0 Å². The molecule has 1 saturated carbocycles. The van der Waals surface area contributed by atoms with Crippen LogP contribution >= 0.6 is 0 Å². The van der Waals surface area contributed by atoms with E-state index in [0.717, 1.165) is 22.3 Å². The van der Waals surface area contributed by atoms with Crippen molar-refractivity contribution in [2.45, 2.75) is 51.2 Å². The summed E-state index contributed by atoms with van der Waals surface area (Å²) in [5.41, 5.74) is -0.723. The van der Waals surface area contributed by atoms with Gasteiger partial charge in [0, 0.05) is 53.7 Å². The summed E-state index contributed by atoms with van der Waals surface area (Å²) in [6.45, 7) is 5.64. The summed E-state index contributed by atoms with van der Waals surface area (Å²) in [7, 11) is 11.7. The predicted octanol–water partition coefficient (Wildman–Crippen LogP) is 1.50. The number of hydrogen-bond donors (Lipinski definition) is 3. The van der Waals surface area contributed by atoms with Crippen molar-refractivity contribution in [2.24, 2.45) is 5.92 Å². The van der Waals surface area contributed by atoms with Crippen LogP contribution in [0.5, 0.6) is 0 Å². The zero-order valence-corrected chi connectivity index (χ0v) is 16.9. The van der Waals surface area contributed by atoms with Crippen molar-refractivity contribution < 1.29 is 10.2 Å². The molecule has 148 valence electrons. The van der Waals surface area contributed by atoms with Crippen LogP contribution in [0.15, 0.2) is 31.0 Å². The van der Waals surface area contributed by atoms with Gasteiger partial charge in [0.2, 0.25) is 0 Å². The molecule has 0 spiro atoms. The van der Waals surface area contributed by atoms with E-state index in [0.29, 0.717) is 0 Å². The van der Waals surface area contributed by atoms with E-state index in [4.69, 9.17) is 21.0 Å². The molecular formula is C19H24B2N6O2. The number of rotatable bonds is 3. The monoisotopic (exact) mass is 390 g/mol. The maximum absolute atomic E-state index is 10.3. The van der Waals surface area contributed by atoms with Crippen molar-refractivity contribution in [1.29, 1.82) is 5.26 Å². The molecule has 3 N–H and O–H groups in total. The van der Waals surface area contributed by atoms with Crippen LogP contribution in [0.3, 0.4) is 0 Å². The minimum atomic E-state index is -1.52. The first kappa shape index (κ1) is 22.7. The second kappa shape index (κ2) is 9.25. The number of hydrogen-bond acceptors (Lipinski definition) is 6. The minimum Gasteiger partial charge on any atom is -0.399 e. The molecule has 1 aliphatic rings. The fraction of sp³-hybridized carbons (Fsp3) is 0.474. The summed E-state index contributed by atoms with van der Waals surface area (Å²) in [4.78, 5) is 11.5. The number of nitriles is 1. The Morgan fingerprint density at radius 1 is 1.28 bits per heavy atom. The molecule has 29 heavy (non-hydrogen) atoms. The third-order valence-corrected chi connectivity index (χ3v) is 4.76. The van der Waals surface area contributed by atoms with Crippen LogP contribution < -0.4 is 0 Å². The first-order valence-corrected chi connectivity index (χ1v) is 9.43. The highest BCUT2D eigenvalue weighted by Gasteiger charge is 2.49. The molecule has 3 heterocycles. The lowest BCUT2D eigenvalue weighted by Gasteiger charge is -2.33. The minimum absolute atomic E-state index is 0.210. The van der Waals surface area contributed by atoms with E-state index in [1.54, 1.807) is 29.3 Å². The highest BCUT2D eigenvalue weighted by Crippen LogP contribution is 2.40. The smallest absolute Gasteiger partial charge is 0.141 e. The van der Waals surface area contributed by atoms with E-state index in [2.05, 4.69) is 20.1 Å². The zero-order valence-electron chi connectivity index (χ0n) is 16.9. The molecule has 0 saturated heterocycles. The van der Waals surface area contributed by atoms with Crippen molar-refractivity contribution in [3.63, 3.8) is 0 Å². The van der Waals surface area contributed by atoms with E-state index >= 15 is 0 Å². The zero-order chi connectivity index (χ0) is 21.7. The van der Waals surface area contributed by atoms with Crippen molar-refractivity contribution >= 4 is 26.7 Å². The molecule has 4 rings (SSSR count). The summed E-state index contributed by atoms with van der Waals surface area (Å²) in [6, 6.07) is 3.65. The maximum Gasteiger partial charge on any atom is 0.141 e. The van der Waals surface area contributed by atoms with E-state index in [1.807, 2.05) is 19.9 Å². The van der Waals surface area contributed by atoms with E-state index in [-0.39, 0.29) is 19.4 Å². The van der Waals surface area contributed by atoms with Crippen LogP contribution in [-0.2, 0) is 6.54 Å². The Balaban J connectivity index is 0.000000551. The van der Waals surface area contributed by atoms with Crippen molar-refractivity contribution in [3.05, 3.63) is 31.0 Å². The van der Waals surface area contributed by atoms with Gasteiger partial charge in [-0.25, -0.2) is 9.97 Å². The van der Waals surface area contributed by atoms with Gasteiger partial charge in [-0.05, 0) is 18.9 Å². The Labute approximate surface area is 172 Å². The van der Waals surface area contributed by atoms with Crippen LogP contribution in [0.1, 0.15) is 33.6 Å². The van der Waals surface area contributed by atoms with Gasteiger partial charge in [0.05, 0.1) is 18.0 Å². The molecule has 4 radical (unpaired) electrons. The molecule has 0 bridgehead atoms. The lowest BCUT2D eigenvalue weighted by molar-refractivity contribution is 0.00352. The first-order chi connectivity index (χ1) is 13.8. The number of nitrogens with one attached hydrogen (secondary N) is 1. The fourth-order valence-electron chi connectivity index (χ4n) is 3.37. The molecule has 1 aliphatic carbocycles. The Morgan fingerprint density at radius 2 is 1.90 bits per heavy atom. The van der Waals surface area contributed by atoms with Crippen LogP contribution in [-0.4, -0.2) is 61.6 Å². The van der Waals surface area contributed by atoms with E-state index < -0.39 is 16.9 Å². The number of fused-ring (bicyclic) bond motifs is 1. The highest BCUT2D eigenvalue weighted by atomic mass is 16.3. The molecule has 10 heteroatoms. The van der Waals surface area contributed by atoms with Gasteiger partial charge in [0.25, 0.3) is 0 Å². The number of aromatic amines is 1. The summed E-state index contributed by atoms with van der Waals surface area (Å²) >= 11 is 0. The molecule has 0 aromatic carbocycles. The summed E-state index contributed by atoms with van der Waals surface area (Å²) in [5.74, 6) is -0.713. The normalized spacial score (nSPS) is 25.4. The second-order valence-electron chi connectivity index (χ2n) is 6.67. The Hall–Kier alpha value is -2.63. The van der Waals surface area contributed by atoms with Crippen LogP contribution in [0.4, 0.5) is 0 Å². The van der Waals surface area contributed by atoms with E-state index in [1.165, 1.54) is 13.3 Å². The summed E-state index contributed by atoms with van der Waals surface area (Å²) < 4.78 is 1.61. The standard InChI is InChI=1S/C15H15B2N5O2.C2H3N.C2H6/c16-14(23)2-3-15(17,24)11(14)7-22-6-9(5-21-22)12-10-1-4-18-13(10)20-8-19-12;1-2-3;1-2/h1,4-6,8,11,23-24H,2-3,7H2,(H,18,19,20);1H3;1-2H3. The third-order valence-electron chi connectivity index (χ3n) is 4.76. The quantitative estimate of drug-likeness (QED) is 0.583. The largest absolute Gasteiger partial charge is 0.399 e. The van der Waals surface area contributed by atoms with E-state index in [9.17, 15) is 10.2 Å². The molecule has 2 atom stereocenters.